The van der Waals surface area contributed by atoms with Crippen LogP contribution in [0.3, 0.4) is 0 Å². The molecule has 11 aromatic carbocycles. The zero-order valence-corrected chi connectivity index (χ0v) is 50.6. The molecule has 6 heteroatoms. The third-order valence-corrected chi connectivity index (χ3v) is 25.6. The molecule has 0 N–H and O–H groups in total. The van der Waals surface area contributed by atoms with Crippen LogP contribution in [0, 0.1) is 6.07 Å². The van der Waals surface area contributed by atoms with Gasteiger partial charge < -0.3 is 9.13 Å². The normalized spacial score (nSPS) is 11.6. The molecule has 81 heavy (non-hydrogen) atoms. The van der Waals surface area contributed by atoms with Crippen LogP contribution in [-0.4, -0.2) is 30.3 Å². The van der Waals surface area contributed by atoms with E-state index < -0.39 is 16.1 Å². The summed E-state index contributed by atoms with van der Waals surface area (Å²) in [5.74, 6) is 1.86. The van der Waals surface area contributed by atoms with Gasteiger partial charge in [0, 0.05) is 54.6 Å². The molecule has 0 saturated carbocycles. The van der Waals surface area contributed by atoms with Gasteiger partial charge in [0.15, 0.2) is 16.1 Å². The van der Waals surface area contributed by atoms with Crippen molar-refractivity contribution in [2.24, 2.45) is 0 Å². The van der Waals surface area contributed by atoms with Crippen LogP contribution < -0.4 is 41.5 Å². The van der Waals surface area contributed by atoms with Crippen molar-refractivity contribution in [3.05, 3.63) is 321 Å². The maximum Gasteiger partial charge on any atom is 0.179 e. The van der Waals surface area contributed by atoms with Crippen molar-refractivity contribution in [2.75, 3.05) is 0 Å². The van der Waals surface area contributed by atoms with Crippen LogP contribution in [0.2, 0.25) is 0 Å². The number of fused-ring (bicyclic) bond motifs is 3. The fourth-order valence-electron chi connectivity index (χ4n) is 12.5. The minimum atomic E-state index is -2.78. The van der Waals surface area contributed by atoms with Crippen molar-refractivity contribution in [3.63, 3.8) is 0 Å². The van der Waals surface area contributed by atoms with Crippen molar-refractivity contribution in [2.45, 2.75) is 39.5 Å². The third kappa shape index (κ3) is 10.0. The van der Waals surface area contributed by atoms with Crippen molar-refractivity contribution in [1.29, 1.82) is 0 Å². The number of benzene rings is 11. The Bertz CT molecular complexity index is 3750. The second kappa shape index (κ2) is 24.1. The molecule has 0 saturated heterocycles. The van der Waals surface area contributed by atoms with Gasteiger partial charge in [0.2, 0.25) is 0 Å². The number of rotatable bonds is 13. The van der Waals surface area contributed by atoms with E-state index in [0.717, 1.165) is 17.1 Å². The van der Waals surface area contributed by atoms with E-state index in [1.807, 2.05) is 24.4 Å². The number of para-hydroxylation sites is 2. The van der Waals surface area contributed by atoms with Crippen LogP contribution in [0.15, 0.2) is 304 Å². The van der Waals surface area contributed by atoms with Crippen molar-refractivity contribution in [3.8, 4) is 22.8 Å². The van der Waals surface area contributed by atoms with E-state index in [9.17, 15) is 0 Å². The summed E-state index contributed by atoms with van der Waals surface area (Å²) in [4.78, 5) is 4.60. The second-order valence-corrected chi connectivity index (χ2v) is 28.9. The molecule has 0 aliphatic carbocycles. The number of hydrogen-bond acceptors (Lipinski definition) is 1. The van der Waals surface area contributed by atoms with Crippen molar-refractivity contribution < 1.29 is 20.1 Å². The Morgan fingerprint density at radius 1 is 0.370 bits per heavy atom. The molecule has 13 aromatic rings. The zero-order chi connectivity index (χ0) is 54.5. The molecule has 3 nitrogen and oxygen atoms in total. The summed E-state index contributed by atoms with van der Waals surface area (Å²) >= 11 is 0. The standard InChI is InChI=1S/C54H41NSi2.C21H23N2.Ir/c1-8-22-42(23-9-1)55-53-38-36-49(56(43-24-10-2-11-25-43,44-26-12-3-13-27-44)45-28-14-4-15-29-45)40-51(53)52-41-50(37-39-54(52)55)57(46-30-16-5-17-31-46,47-32-18-6-19-33-47)48-34-20-7-21-35-48;1-15(2)18-11-8-12-19(16(3)4)20(18)23-14-13-22-21(23)17-9-6-5-7-10-17;/h1-41H;5-9,11-16H,1-4H3;/q;-1;. The monoisotopic (exact) mass is 1260 g/mol. The zero-order valence-electron chi connectivity index (χ0n) is 46.2. The predicted octanol–water partition coefficient (Wildman–Crippen LogP) is 13.1. The van der Waals surface area contributed by atoms with Gasteiger partial charge in [-0.3, -0.25) is 4.98 Å². The molecule has 0 amide bonds. The SMILES string of the molecule is CC(C)c1cccc(C(C)C)c1-n1ccnc1-c1[c-]cccc1.[Ir].c1ccc(-n2c3ccc([Si](c4ccccc4)(c4ccccc4)c4ccccc4)cc3c3cc([Si](c4ccccc4)(c4ccccc4)c4ccccc4)ccc32)cc1. The Morgan fingerprint density at radius 3 is 1.07 bits per heavy atom. The molecule has 0 bridgehead atoms. The summed E-state index contributed by atoms with van der Waals surface area (Å²) in [6.45, 7) is 8.98. The smallest absolute Gasteiger partial charge is 0.179 e. The Balaban J connectivity index is 0.000000241. The molecule has 0 atom stereocenters. The molecule has 0 spiro atoms. The number of imidazole rings is 1. The Hall–Kier alpha value is -8.49. The van der Waals surface area contributed by atoms with E-state index in [4.69, 9.17) is 0 Å². The quantitative estimate of drug-likeness (QED) is 0.0641. The van der Waals surface area contributed by atoms with Crippen LogP contribution in [0.25, 0.3) is 44.6 Å². The molecular formula is C75H64IrN3Si2-. The Labute approximate surface area is 493 Å². The fraction of sp³-hybridized carbons (Fsp3) is 0.0800. The topological polar surface area (TPSA) is 22.8 Å². The van der Waals surface area contributed by atoms with Gasteiger partial charge in [-0.2, -0.15) is 0 Å². The van der Waals surface area contributed by atoms with Crippen LogP contribution in [-0.2, 0) is 20.1 Å². The van der Waals surface area contributed by atoms with Crippen LogP contribution in [0.1, 0.15) is 50.7 Å². The summed E-state index contributed by atoms with van der Waals surface area (Å²) in [5.41, 5.74) is 8.57. The first-order chi connectivity index (χ1) is 39.4. The average molecular weight is 1260 g/mol. The molecule has 2 aromatic heterocycles. The van der Waals surface area contributed by atoms with E-state index in [1.54, 1.807) is 0 Å². The Kier molecular flexibility index (Phi) is 16.2. The molecule has 0 aliphatic rings. The number of nitrogens with zero attached hydrogens (tertiary/aromatic N) is 3. The molecule has 397 valence electrons. The minimum Gasteiger partial charge on any atom is -0.340 e. The summed E-state index contributed by atoms with van der Waals surface area (Å²) < 4.78 is 4.68. The molecular weight excluding hydrogens is 1190 g/mol. The molecule has 2 heterocycles. The molecule has 0 fully saturated rings. The molecule has 0 unspecified atom stereocenters. The van der Waals surface area contributed by atoms with Gasteiger partial charge in [0.1, 0.15) is 0 Å². The Morgan fingerprint density at radius 2 is 0.728 bits per heavy atom. The maximum atomic E-state index is 4.60. The first-order valence-corrected chi connectivity index (χ1v) is 32.0. The summed E-state index contributed by atoms with van der Waals surface area (Å²) in [5, 5.41) is 13.5. The molecule has 1 radical (unpaired) electrons. The minimum absolute atomic E-state index is 0. The maximum absolute atomic E-state index is 4.60. The van der Waals surface area contributed by atoms with Gasteiger partial charge in [-0.05, 0) is 88.7 Å². The van der Waals surface area contributed by atoms with Crippen LogP contribution in [0.5, 0.6) is 0 Å². The van der Waals surface area contributed by atoms with Crippen molar-refractivity contribution >= 4 is 79.4 Å². The number of aromatic nitrogens is 3. The van der Waals surface area contributed by atoms with Crippen molar-refractivity contribution in [1.82, 2.24) is 14.1 Å². The van der Waals surface area contributed by atoms with Gasteiger partial charge in [-0.15, -0.1) is 35.9 Å². The first-order valence-electron chi connectivity index (χ1n) is 28.0. The van der Waals surface area contributed by atoms with Crippen LogP contribution in [0.4, 0.5) is 0 Å². The summed E-state index contributed by atoms with van der Waals surface area (Å²) in [7, 11) is -5.57. The summed E-state index contributed by atoms with van der Waals surface area (Å²) in [6.07, 6.45) is 3.93. The van der Waals surface area contributed by atoms with E-state index in [-0.39, 0.29) is 20.1 Å². The third-order valence-electron chi connectivity index (χ3n) is 16.1. The first kappa shape index (κ1) is 54.5. The van der Waals surface area contributed by atoms with E-state index in [1.165, 1.54) is 80.1 Å². The fourth-order valence-corrected chi connectivity index (χ4v) is 22.0. The van der Waals surface area contributed by atoms with Gasteiger partial charge in [-0.1, -0.05) is 270 Å². The van der Waals surface area contributed by atoms with E-state index in [2.05, 4.69) is 327 Å². The largest absolute Gasteiger partial charge is 0.340 e. The average Bonchev–Trinajstić information content (AvgIpc) is 3.80. The van der Waals surface area contributed by atoms with Gasteiger partial charge in [-0.25, -0.2) is 0 Å². The van der Waals surface area contributed by atoms with Gasteiger partial charge >= 0.3 is 0 Å². The van der Waals surface area contributed by atoms with Gasteiger partial charge in [0.25, 0.3) is 0 Å². The number of hydrogen-bond donors (Lipinski definition) is 0. The second-order valence-electron chi connectivity index (χ2n) is 21.3. The summed E-state index contributed by atoms with van der Waals surface area (Å²) in [6, 6.07) is 111. The molecule has 0 aliphatic heterocycles. The molecule has 13 rings (SSSR count). The van der Waals surface area contributed by atoms with Gasteiger partial charge in [0.05, 0.1) is 16.9 Å². The van der Waals surface area contributed by atoms with Crippen LogP contribution >= 0.6 is 0 Å². The van der Waals surface area contributed by atoms with E-state index in [0.29, 0.717) is 11.8 Å². The predicted molar refractivity (Wildman–Crippen MR) is 344 cm³/mol. The van der Waals surface area contributed by atoms with E-state index >= 15 is 0 Å².